The summed E-state index contributed by atoms with van der Waals surface area (Å²) in [6.07, 6.45) is -4.30. The Hall–Kier alpha value is -3.71. The van der Waals surface area contributed by atoms with Gasteiger partial charge in [0.15, 0.2) is 0 Å². The minimum Gasteiger partial charge on any atom is -0.324 e. The molecule has 36 heavy (non-hydrogen) atoms. The number of likely N-dealkylation sites (N-methyl/N-ethyl adjacent to an activating group) is 1. The van der Waals surface area contributed by atoms with Crippen LogP contribution < -0.4 is 4.90 Å². The van der Waals surface area contributed by atoms with Crippen LogP contribution in [0.15, 0.2) is 36.4 Å². The molecular weight excluding hydrogens is 472 g/mol. The Morgan fingerprint density at radius 3 is 2.56 bits per heavy atom. The molecule has 0 amide bonds. The minimum atomic E-state index is -4.35. The molecule has 0 radical (unpaired) electrons. The predicted octanol–water partition coefficient (Wildman–Crippen LogP) is 5.00. The van der Waals surface area contributed by atoms with Gasteiger partial charge in [0, 0.05) is 36.4 Å². The third-order valence-electron chi connectivity index (χ3n) is 7.03. The maximum absolute atomic E-state index is 15.3. The highest BCUT2D eigenvalue weighted by atomic mass is 19.4. The lowest BCUT2D eigenvalue weighted by molar-refractivity contribution is -0.168. The molecule has 0 spiro atoms. The van der Waals surface area contributed by atoms with E-state index in [1.807, 2.05) is 18.0 Å². The second-order valence-electron chi connectivity index (χ2n) is 9.47. The van der Waals surface area contributed by atoms with Crippen molar-refractivity contribution in [2.45, 2.75) is 32.5 Å². The molecule has 0 saturated heterocycles. The molecule has 1 fully saturated rings. The molecule has 10 heteroatoms. The zero-order valence-electron chi connectivity index (χ0n) is 19.7. The fraction of sp³-hybridized carbons (Fsp3) is 0.346. The molecule has 184 valence electrons. The summed E-state index contributed by atoms with van der Waals surface area (Å²) in [6.45, 7) is 3.39. The van der Waals surface area contributed by atoms with E-state index in [0.29, 0.717) is 53.5 Å². The molecule has 4 aromatic rings. The molecule has 1 saturated carbocycles. The molecule has 6 rings (SSSR count). The van der Waals surface area contributed by atoms with Crippen molar-refractivity contribution in [2.75, 3.05) is 25.0 Å². The smallest absolute Gasteiger partial charge is 0.324 e. The molecule has 1 aliphatic carbocycles. The van der Waals surface area contributed by atoms with Gasteiger partial charge in [0.05, 0.1) is 10.9 Å². The Kier molecular flexibility index (Phi) is 4.99. The van der Waals surface area contributed by atoms with Crippen LogP contribution in [0.5, 0.6) is 0 Å². The second kappa shape index (κ2) is 7.90. The van der Waals surface area contributed by atoms with Crippen LogP contribution in [0.4, 0.5) is 29.1 Å². The first-order valence-corrected chi connectivity index (χ1v) is 11.7. The molecule has 2 aromatic heterocycles. The quantitative estimate of drug-likeness (QED) is 0.275. The van der Waals surface area contributed by atoms with Gasteiger partial charge in [-0.25, -0.2) is 4.39 Å². The summed E-state index contributed by atoms with van der Waals surface area (Å²) in [6, 6.07) is 10.2. The van der Waals surface area contributed by atoms with Crippen LogP contribution in [0.1, 0.15) is 29.8 Å². The van der Waals surface area contributed by atoms with E-state index in [-0.39, 0.29) is 12.8 Å². The summed E-state index contributed by atoms with van der Waals surface area (Å²) in [5.74, 6) is 6.25. The number of aromatic nitrogens is 4. The normalized spacial score (nSPS) is 17.6. The monoisotopic (exact) mass is 494 g/mol. The highest BCUT2D eigenvalue weighted by molar-refractivity contribution is 5.94. The lowest BCUT2D eigenvalue weighted by Gasteiger charge is -2.26. The number of fused-ring (bicyclic) bond motifs is 4. The number of halogens is 4. The van der Waals surface area contributed by atoms with Crippen molar-refractivity contribution in [3.8, 4) is 11.8 Å². The number of aryl methyl sites for hydroxylation is 1. The summed E-state index contributed by atoms with van der Waals surface area (Å²) < 4.78 is 57.5. The lowest BCUT2D eigenvalue weighted by Crippen LogP contribution is -2.27. The van der Waals surface area contributed by atoms with Crippen LogP contribution in [-0.2, 0) is 6.54 Å². The van der Waals surface area contributed by atoms with Crippen molar-refractivity contribution in [1.29, 1.82) is 0 Å². The van der Waals surface area contributed by atoms with Gasteiger partial charge in [-0.3, -0.25) is 4.40 Å². The third-order valence-corrected chi connectivity index (χ3v) is 7.03. The summed E-state index contributed by atoms with van der Waals surface area (Å²) in [4.78, 5) is 8.68. The highest BCUT2D eigenvalue weighted by Gasteiger charge is 2.62. The Bertz CT molecular complexity index is 1570. The first-order valence-electron chi connectivity index (χ1n) is 11.7. The fourth-order valence-electron chi connectivity index (χ4n) is 4.83. The maximum atomic E-state index is 15.3. The van der Waals surface area contributed by atoms with Crippen LogP contribution in [0, 0.1) is 30.0 Å². The van der Waals surface area contributed by atoms with Gasteiger partial charge in [0.25, 0.3) is 5.78 Å². The molecule has 0 N–H and O–H groups in total. The van der Waals surface area contributed by atoms with Gasteiger partial charge in [-0.1, -0.05) is 24.0 Å². The molecule has 0 unspecified atom stereocenters. The predicted molar refractivity (Wildman–Crippen MR) is 127 cm³/mol. The van der Waals surface area contributed by atoms with Gasteiger partial charge >= 0.3 is 6.18 Å². The van der Waals surface area contributed by atoms with Crippen LogP contribution >= 0.6 is 0 Å². The van der Waals surface area contributed by atoms with Crippen molar-refractivity contribution < 1.29 is 17.6 Å². The van der Waals surface area contributed by atoms with Gasteiger partial charge in [0.1, 0.15) is 22.9 Å². The molecule has 6 nitrogen and oxygen atoms in total. The number of anilines is 2. The number of alkyl halides is 3. The van der Waals surface area contributed by atoms with Gasteiger partial charge < -0.3 is 9.80 Å². The molecule has 0 bridgehead atoms. The van der Waals surface area contributed by atoms with Gasteiger partial charge in [-0.05, 0) is 51.1 Å². The van der Waals surface area contributed by atoms with Gasteiger partial charge in [-0.15, -0.1) is 10.2 Å². The Morgan fingerprint density at radius 1 is 1.03 bits per heavy atom. The van der Waals surface area contributed by atoms with E-state index >= 15 is 4.39 Å². The first kappa shape index (κ1) is 22.7. The average Bonchev–Trinajstić information content (AvgIpc) is 3.58. The van der Waals surface area contributed by atoms with Crippen molar-refractivity contribution in [1.82, 2.24) is 24.5 Å². The zero-order valence-corrected chi connectivity index (χ0v) is 19.7. The molecular formula is C26H22F4N6. The Balaban J connectivity index is 1.56. The van der Waals surface area contributed by atoms with Crippen LogP contribution in [0.3, 0.4) is 0 Å². The largest absolute Gasteiger partial charge is 0.405 e. The highest BCUT2D eigenvalue weighted by Crippen LogP contribution is 2.57. The van der Waals surface area contributed by atoms with Crippen molar-refractivity contribution >= 4 is 28.2 Å². The number of hydrogen-bond acceptors (Lipinski definition) is 5. The van der Waals surface area contributed by atoms with Crippen molar-refractivity contribution in [3.63, 3.8) is 0 Å². The number of rotatable bonds is 1. The Labute approximate surface area is 204 Å². The van der Waals surface area contributed by atoms with E-state index in [1.54, 1.807) is 35.6 Å². The Morgan fingerprint density at radius 2 is 1.81 bits per heavy atom. The van der Waals surface area contributed by atoms with Crippen LogP contribution in [0.25, 0.3) is 16.7 Å². The fourth-order valence-corrected chi connectivity index (χ4v) is 4.83. The second-order valence-corrected chi connectivity index (χ2v) is 9.47. The van der Waals surface area contributed by atoms with Crippen molar-refractivity contribution in [3.05, 3.63) is 59.2 Å². The van der Waals surface area contributed by atoms with Crippen LogP contribution in [-0.4, -0.2) is 50.8 Å². The molecule has 0 atom stereocenters. The summed E-state index contributed by atoms with van der Waals surface area (Å²) in [7, 11) is 1.94. The molecule has 3 heterocycles. The third kappa shape index (κ3) is 3.49. The number of nitrogens with zero attached hydrogens (tertiary/aromatic N) is 6. The van der Waals surface area contributed by atoms with Gasteiger partial charge in [-0.2, -0.15) is 18.2 Å². The standard InChI is InChI=1S/C26H22F4N6/c1-16-32-33-24-31-23(22-19(27)6-4-8-21(22)36(16)24)35-14-13-34(2)15-18-17(5-3-7-20(18)35)9-10-25(11-12-25)26(28,29)30/h3-8H,11-15H2,1-2H3. The van der Waals surface area contributed by atoms with E-state index in [1.165, 1.54) is 6.07 Å². The molecule has 2 aromatic carbocycles. The molecule has 2 aliphatic rings. The van der Waals surface area contributed by atoms with E-state index in [2.05, 4.69) is 26.9 Å². The number of benzene rings is 2. The summed E-state index contributed by atoms with van der Waals surface area (Å²) >= 11 is 0. The molecule has 1 aliphatic heterocycles. The summed E-state index contributed by atoms with van der Waals surface area (Å²) in [5.41, 5.74) is 0.732. The minimum absolute atomic E-state index is 0.0253. The number of hydrogen-bond donors (Lipinski definition) is 0. The maximum Gasteiger partial charge on any atom is 0.405 e. The topological polar surface area (TPSA) is 49.6 Å². The van der Waals surface area contributed by atoms with E-state index < -0.39 is 17.4 Å². The van der Waals surface area contributed by atoms with Gasteiger partial charge in [0.2, 0.25) is 0 Å². The van der Waals surface area contributed by atoms with Crippen molar-refractivity contribution in [2.24, 2.45) is 5.41 Å². The zero-order chi connectivity index (χ0) is 25.2. The first-order chi connectivity index (χ1) is 17.2. The van der Waals surface area contributed by atoms with Crippen LogP contribution in [0.2, 0.25) is 0 Å². The lowest BCUT2D eigenvalue weighted by atomic mass is 10.0. The van der Waals surface area contributed by atoms with E-state index in [4.69, 9.17) is 4.98 Å². The summed E-state index contributed by atoms with van der Waals surface area (Å²) in [5, 5.41) is 8.61. The average molecular weight is 494 g/mol. The van der Waals surface area contributed by atoms with E-state index in [0.717, 1.165) is 11.3 Å². The SMILES string of the molecule is Cc1nnc2nc(N3CCN(C)Cc4c(C#CC5(C(F)(F)F)CC5)cccc43)c3c(F)cccc3n12. The van der Waals surface area contributed by atoms with E-state index in [9.17, 15) is 13.2 Å².